The number of nitrogens with two attached hydrogens (primary N) is 1. The number of esters is 1. The van der Waals surface area contributed by atoms with E-state index in [0.717, 1.165) is 36.1 Å². The second-order valence-corrected chi connectivity index (χ2v) is 8.26. The molecule has 25 heavy (non-hydrogen) atoms. The van der Waals surface area contributed by atoms with Crippen molar-refractivity contribution in [2.75, 3.05) is 5.73 Å². The van der Waals surface area contributed by atoms with Gasteiger partial charge in [-0.15, -0.1) is 0 Å². The standard InChI is InChI=1S/C17H19ClN2O4S/c18-12-8-9-14(19)16(11-12)25(22,23)20-10-4-7-15(20)17(21)24-13-5-2-1-3-6-13/h4,7-11,13H,1-3,5-6,19H2. The Bertz CT molecular complexity index is 886. The zero-order valence-electron chi connectivity index (χ0n) is 13.5. The maximum absolute atomic E-state index is 12.9. The summed E-state index contributed by atoms with van der Waals surface area (Å²) in [6.07, 6.45) is 5.90. The SMILES string of the molecule is Nc1ccc(Cl)cc1S(=O)(=O)n1cccc1C(=O)OC1CCCCC1. The quantitative estimate of drug-likeness (QED) is 0.645. The molecule has 1 aliphatic rings. The Morgan fingerprint density at radius 3 is 2.64 bits per heavy atom. The highest BCUT2D eigenvalue weighted by atomic mass is 35.5. The van der Waals surface area contributed by atoms with E-state index >= 15 is 0 Å². The fourth-order valence-electron chi connectivity index (χ4n) is 2.97. The molecule has 0 aliphatic heterocycles. The fourth-order valence-corrected chi connectivity index (χ4v) is 4.68. The number of nitrogen functional groups attached to an aromatic ring is 1. The number of carbonyl (C=O) groups is 1. The van der Waals surface area contributed by atoms with E-state index in [0.29, 0.717) is 0 Å². The molecule has 1 saturated carbocycles. The van der Waals surface area contributed by atoms with Gasteiger partial charge >= 0.3 is 5.97 Å². The minimum atomic E-state index is -4.06. The fraction of sp³-hybridized carbons (Fsp3) is 0.353. The van der Waals surface area contributed by atoms with Crippen molar-refractivity contribution in [3.63, 3.8) is 0 Å². The lowest BCUT2D eigenvalue weighted by atomic mass is 9.98. The average molecular weight is 383 g/mol. The Labute approximate surface area is 151 Å². The third-order valence-corrected chi connectivity index (χ3v) is 6.24. The van der Waals surface area contributed by atoms with Gasteiger partial charge in [-0.3, -0.25) is 0 Å². The van der Waals surface area contributed by atoms with Crippen molar-refractivity contribution in [3.8, 4) is 0 Å². The van der Waals surface area contributed by atoms with Crippen molar-refractivity contribution in [2.24, 2.45) is 0 Å². The van der Waals surface area contributed by atoms with Gasteiger partial charge in [0.05, 0.1) is 5.69 Å². The summed E-state index contributed by atoms with van der Waals surface area (Å²) < 4.78 is 32.2. The summed E-state index contributed by atoms with van der Waals surface area (Å²) in [6, 6.07) is 7.09. The predicted octanol–water partition coefficient (Wildman–Crippen LogP) is 3.45. The third kappa shape index (κ3) is 3.67. The molecule has 1 aromatic carbocycles. The number of anilines is 1. The van der Waals surface area contributed by atoms with Crippen molar-refractivity contribution in [1.29, 1.82) is 0 Å². The average Bonchev–Trinajstić information content (AvgIpc) is 3.08. The lowest BCUT2D eigenvalue weighted by molar-refractivity contribution is 0.0203. The molecule has 1 aliphatic carbocycles. The summed E-state index contributed by atoms with van der Waals surface area (Å²) >= 11 is 5.89. The third-order valence-electron chi connectivity index (χ3n) is 4.26. The molecule has 1 aromatic heterocycles. The number of halogens is 1. The van der Waals surface area contributed by atoms with Crippen LogP contribution in [0.4, 0.5) is 5.69 Å². The summed E-state index contributed by atoms with van der Waals surface area (Å²) in [6.45, 7) is 0. The topological polar surface area (TPSA) is 91.4 Å². The second-order valence-electron chi connectivity index (χ2n) is 6.04. The first-order chi connectivity index (χ1) is 11.9. The Morgan fingerprint density at radius 2 is 1.92 bits per heavy atom. The van der Waals surface area contributed by atoms with Crippen LogP contribution in [-0.2, 0) is 14.8 Å². The zero-order valence-corrected chi connectivity index (χ0v) is 15.1. The lowest BCUT2D eigenvalue weighted by Gasteiger charge is -2.22. The Morgan fingerprint density at radius 1 is 1.20 bits per heavy atom. The van der Waals surface area contributed by atoms with Crippen LogP contribution in [0, 0.1) is 0 Å². The van der Waals surface area contributed by atoms with Crippen LogP contribution >= 0.6 is 11.6 Å². The van der Waals surface area contributed by atoms with Crippen LogP contribution in [0.1, 0.15) is 42.6 Å². The van der Waals surface area contributed by atoms with Crippen LogP contribution < -0.4 is 5.73 Å². The van der Waals surface area contributed by atoms with Gasteiger partial charge in [-0.05, 0) is 56.0 Å². The van der Waals surface area contributed by atoms with Gasteiger partial charge in [0.15, 0.2) is 0 Å². The molecule has 2 N–H and O–H groups in total. The first-order valence-corrected chi connectivity index (χ1v) is 9.90. The smallest absolute Gasteiger partial charge is 0.356 e. The molecule has 0 radical (unpaired) electrons. The highest BCUT2D eigenvalue weighted by molar-refractivity contribution is 7.90. The van der Waals surface area contributed by atoms with Crippen LogP contribution in [0.2, 0.25) is 5.02 Å². The minimum Gasteiger partial charge on any atom is -0.458 e. The summed E-state index contributed by atoms with van der Waals surface area (Å²) in [4.78, 5) is 12.3. The van der Waals surface area contributed by atoms with Crippen molar-refractivity contribution in [3.05, 3.63) is 47.2 Å². The molecule has 0 spiro atoms. The molecule has 2 aromatic rings. The first kappa shape index (κ1) is 17.8. The van der Waals surface area contributed by atoms with Crippen molar-refractivity contribution in [2.45, 2.75) is 43.1 Å². The van der Waals surface area contributed by atoms with Gasteiger partial charge in [-0.2, -0.15) is 0 Å². The molecule has 6 nitrogen and oxygen atoms in total. The van der Waals surface area contributed by atoms with Crippen molar-refractivity contribution in [1.82, 2.24) is 3.97 Å². The Balaban J connectivity index is 1.92. The van der Waals surface area contributed by atoms with E-state index in [9.17, 15) is 13.2 Å². The van der Waals surface area contributed by atoms with E-state index in [2.05, 4.69) is 0 Å². The number of benzene rings is 1. The summed E-state index contributed by atoms with van der Waals surface area (Å²) in [5, 5.41) is 0.242. The minimum absolute atomic E-state index is 0.0510. The van der Waals surface area contributed by atoms with Gasteiger partial charge in [0.1, 0.15) is 16.7 Å². The zero-order chi connectivity index (χ0) is 18.0. The van der Waals surface area contributed by atoms with E-state index in [1.54, 1.807) is 0 Å². The number of carbonyl (C=O) groups excluding carboxylic acids is 1. The molecule has 1 fully saturated rings. The number of ether oxygens (including phenoxy) is 1. The van der Waals surface area contributed by atoms with E-state index in [1.807, 2.05) is 0 Å². The van der Waals surface area contributed by atoms with Gasteiger partial charge in [0, 0.05) is 11.2 Å². The highest BCUT2D eigenvalue weighted by Gasteiger charge is 2.27. The monoisotopic (exact) mass is 382 g/mol. The van der Waals surface area contributed by atoms with Crippen LogP contribution in [0.3, 0.4) is 0 Å². The van der Waals surface area contributed by atoms with Crippen LogP contribution in [0.25, 0.3) is 0 Å². The van der Waals surface area contributed by atoms with Crippen molar-refractivity contribution < 1.29 is 17.9 Å². The van der Waals surface area contributed by atoms with E-state index < -0.39 is 16.0 Å². The second kappa shape index (κ2) is 7.09. The van der Waals surface area contributed by atoms with E-state index in [4.69, 9.17) is 22.1 Å². The van der Waals surface area contributed by atoms with Crippen molar-refractivity contribution >= 4 is 33.3 Å². The van der Waals surface area contributed by atoms with Crippen LogP contribution in [0.15, 0.2) is 41.4 Å². The molecule has 0 saturated heterocycles. The molecule has 3 rings (SSSR count). The molecule has 0 amide bonds. The first-order valence-electron chi connectivity index (χ1n) is 8.08. The maximum atomic E-state index is 12.9. The van der Waals surface area contributed by atoms with Gasteiger partial charge in [0.2, 0.25) is 0 Å². The molecule has 0 bridgehead atoms. The molecule has 134 valence electrons. The number of nitrogens with zero attached hydrogens (tertiary/aromatic N) is 1. The highest BCUT2D eigenvalue weighted by Crippen LogP contribution is 2.27. The number of hydrogen-bond donors (Lipinski definition) is 1. The van der Waals surface area contributed by atoms with Crippen LogP contribution in [-0.4, -0.2) is 24.5 Å². The normalized spacial score (nSPS) is 15.9. The molecular formula is C17H19ClN2O4S. The maximum Gasteiger partial charge on any atom is 0.356 e. The number of hydrogen-bond acceptors (Lipinski definition) is 5. The number of aromatic nitrogens is 1. The summed E-state index contributed by atoms with van der Waals surface area (Å²) in [5.41, 5.74) is 5.80. The van der Waals surface area contributed by atoms with Gasteiger partial charge < -0.3 is 10.5 Å². The lowest BCUT2D eigenvalue weighted by Crippen LogP contribution is -2.25. The molecule has 0 atom stereocenters. The Hall–Kier alpha value is -1.99. The molecule has 1 heterocycles. The van der Waals surface area contributed by atoms with E-state index in [-0.39, 0.29) is 27.4 Å². The van der Waals surface area contributed by atoms with Crippen LogP contribution in [0.5, 0.6) is 0 Å². The van der Waals surface area contributed by atoms with Gasteiger partial charge in [0.25, 0.3) is 10.0 Å². The summed E-state index contributed by atoms with van der Waals surface area (Å²) in [5.74, 6) is -0.652. The largest absolute Gasteiger partial charge is 0.458 e. The Kier molecular flexibility index (Phi) is 5.06. The number of rotatable bonds is 4. The predicted molar refractivity (Wildman–Crippen MR) is 95.2 cm³/mol. The summed E-state index contributed by atoms with van der Waals surface area (Å²) in [7, 11) is -4.06. The van der Waals surface area contributed by atoms with Gasteiger partial charge in [-0.1, -0.05) is 18.0 Å². The molecular weight excluding hydrogens is 364 g/mol. The van der Waals surface area contributed by atoms with E-state index in [1.165, 1.54) is 36.5 Å². The molecule has 8 heteroatoms. The molecule has 0 unspecified atom stereocenters. The van der Waals surface area contributed by atoms with Gasteiger partial charge in [-0.25, -0.2) is 17.2 Å².